The van der Waals surface area contributed by atoms with Crippen LogP contribution in [0.1, 0.15) is 33.3 Å². The normalized spacial score (nSPS) is 12.1. The summed E-state index contributed by atoms with van der Waals surface area (Å²) < 4.78 is 23.7. The van der Waals surface area contributed by atoms with Gasteiger partial charge in [0.05, 0.1) is 7.11 Å². The molecule has 0 heterocycles. The summed E-state index contributed by atoms with van der Waals surface area (Å²) in [7, 11) is 1.58. The van der Waals surface area contributed by atoms with E-state index in [0.717, 1.165) is 5.56 Å². The van der Waals surface area contributed by atoms with Crippen LogP contribution in [0.2, 0.25) is 0 Å². The van der Waals surface area contributed by atoms with Crippen molar-refractivity contribution in [2.75, 3.05) is 13.7 Å². The molecule has 0 spiro atoms. The van der Waals surface area contributed by atoms with Crippen molar-refractivity contribution in [3.8, 4) is 11.5 Å². The van der Waals surface area contributed by atoms with E-state index in [9.17, 15) is 14.0 Å². The van der Waals surface area contributed by atoms with Crippen LogP contribution in [0.25, 0.3) is 0 Å². The van der Waals surface area contributed by atoms with Crippen LogP contribution in [0.5, 0.6) is 11.5 Å². The topological polar surface area (TPSA) is 67.9 Å². The molecular formula is C23H29FN2O4. The molecule has 0 saturated heterocycles. The molecule has 7 heteroatoms. The van der Waals surface area contributed by atoms with Gasteiger partial charge in [-0.25, -0.2) is 4.39 Å². The summed E-state index contributed by atoms with van der Waals surface area (Å²) in [6.45, 7) is 7.28. The number of carbonyl (C=O) groups is 2. The molecule has 0 bridgehead atoms. The second kappa shape index (κ2) is 10.1. The Hall–Kier alpha value is -3.09. The van der Waals surface area contributed by atoms with Crippen molar-refractivity contribution in [1.29, 1.82) is 0 Å². The Labute approximate surface area is 177 Å². The number of hydrogen-bond acceptors (Lipinski definition) is 4. The second-order valence-corrected chi connectivity index (χ2v) is 8.03. The molecule has 0 aliphatic rings. The van der Waals surface area contributed by atoms with E-state index < -0.39 is 11.6 Å². The minimum Gasteiger partial charge on any atom is -0.497 e. The lowest BCUT2D eigenvalue weighted by molar-refractivity contribution is -0.142. The molecule has 0 aliphatic heterocycles. The first-order valence-electron chi connectivity index (χ1n) is 9.72. The number of hydrogen-bond donors (Lipinski definition) is 1. The van der Waals surface area contributed by atoms with Gasteiger partial charge in [0, 0.05) is 12.1 Å². The van der Waals surface area contributed by atoms with Crippen LogP contribution < -0.4 is 14.8 Å². The van der Waals surface area contributed by atoms with Gasteiger partial charge in [0.1, 0.15) is 23.4 Å². The van der Waals surface area contributed by atoms with Gasteiger partial charge < -0.3 is 19.7 Å². The van der Waals surface area contributed by atoms with Crippen molar-refractivity contribution in [3.05, 3.63) is 59.9 Å². The Morgan fingerprint density at radius 2 is 1.60 bits per heavy atom. The smallest absolute Gasteiger partial charge is 0.261 e. The molecule has 0 saturated carbocycles. The van der Waals surface area contributed by atoms with Crippen molar-refractivity contribution in [3.63, 3.8) is 0 Å². The van der Waals surface area contributed by atoms with Crippen molar-refractivity contribution >= 4 is 11.8 Å². The fourth-order valence-electron chi connectivity index (χ4n) is 2.74. The zero-order chi connectivity index (χ0) is 22.3. The maximum atomic E-state index is 13.1. The summed E-state index contributed by atoms with van der Waals surface area (Å²) in [5.74, 6) is 0.0795. The third-order valence-corrected chi connectivity index (χ3v) is 4.35. The van der Waals surface area contributed by atoms with Crippen LogP contribution in [0.4, 0.5) is 4.39 Å². The Kier molecular flexibility index (Phi) is 7.80. The monoisotopic (exact) mass is 416 g/mol. The molecule has 0 aromatic heterocycles. The van der Waals surface area contributed by atoms with E-state index in [4.69, 9.17) is 9.47 Å². The van der Waals surface area contributed by atoms with Gasteiger partial charge in [-0.1, -0.05) is 12.1 Å². The maximum Gasteiger partial charge on any atom is 0.261 e. The van der Waals surface area contributed by atoms with E-state index in [-0.39, 0.29) is 30.8 Å². The van der Waals surface area contributed by atoms with Crippen LogP contribution in [-0.2, 0) is 16.1 Å². The van der Waals surface area contributed by atoms with E-state index in [1.807, 2.05) is 32.9 Å². The SMILES string of the molecule is COc1ccc(CN(C(=O)COc2ccc(F)cc2)C(C)C(=O)NC(C)(C)C)cc1. The highest BCUT2D eigenvalue weighted by molar-refractivity contribution is 5.88. The summed E-state index contributed by atoms with van der Waals surface area (Å²) in [6, 6.07) is 12.0. The zero-order valence-corrected chi connectivity index (χ0v) is 18.1. The summed E-state index contributed by atoms with van der Waals surface area (Å²) in [5, 5.41) is 2.90. The van der Waals surface area contributed by atoms with Crippen LogP contribution in [0, 0.1) is 5.82 Å². The van der Waals surface area contributed by atoms with E-state index in [1.54, 1.807) is 26.2 Å². The Bertz CT molecular complexity index is 845. The lowest BCUT2D eigenvalue weighted by Gasteiger charge is -2.31. The van der Waals surface area contributed by atoms with Crippen LogP contribution in [0.15, 0.2) is 48.5 Å². The van der Waals surface area contributed by atoms with E-state index in [1.165, 1.54) is 29.2 Å². The van der Waals surface area contributed by atoms with E-state index in [2.05, 4.69) is 5.32 Å². The first-order valence-corrected chi connectivity index (χ1v) is 9.72. The van der Waals surface area contributed by atoms with Crippen LogP contribution >= 0.6 is 0 Å². The van der Waals surface area contributed by atoms with Gasteiger partial charge >= 0.3 is 0 Å². The fraction of sp³-hybridized carbons (Fsp3) is 0.391. The summed E-state index contributed by atoms with van der Waals surface area (Å²) >= 11 is 0. The van der Waals surface area contributed by atoms with Gasteiger partial charge in [-0.2, -0.15) is 0 Å². The third kappa shape index (κ3) is 7.06. The summed E-state index contributed by atoms with van der Waals surface area (Å²) in [5.41, 5.74) is 0.423. The second-order valence-electron chi connectivity index (χ2n) is 8.03. The molecule has 1 unspecified atom stereocenters. The fourth-order valence-corrected chi connectivity index (χ4v) is 2.74. The molecule has 2 aromatic rings. The number of nitrogens with zero attached hydrogens (tertiary/aromatic N) is 1. The average molecular weight is 416 g/mol. The van der Waals surface area contributed by atoms with Gasteiger partial charge in [-0.05, 0) is 69.7 Å². The van der Waals surface area contributed by atoms with Crippen LogP contribution in [0.3, 0.4) is 0 Å². The zero-order valence-electron chi connectivity index (χ0n) is 18.1. The molecule has 2 amide bonds. The lowest BCUT2D eigenvalue weighted by Crippen LogP contribution is -2.53. The summed E-state index contributed by atoms with van der Waals surface area (Å²) in [4.78, 5) is 27.1. The number of ether oxygens (including phenoxy) is 2. The molecule has 162 valence electrons. The van der Waals surface area contributed by atoms with Gasteiger partial charge in [-0.15, -0.1) is 0 Å². The molecule has 0 aliphatic carbocycles. The molecule has 6 nitrogen and oxygen atoms in total. The standard InChI is InChI=1S/C23H29FN2O4/c1-16(22(28)25-23(2,3)4)26(14-17-6-10-19(29-5)11-7-17)21(27)15-30-20-12-8-18(24)9-13-20/h6-13,16H,14-15H2,1-5H3,(H,25,28). The number of halogens is 1. The quantitative estimate of drug-likeness (QED) is 0.715. The Morgan fingerprint density at radius 1 is 1.03 bits per heavy atom. The number of benzene rings is 2. The van der Waals surface area contributed by atoms with Gasteiger partial charge in [-0.3, -0.25) is 9.59 Å². The largest absolute Gasteiger partial charge is 0.497 e. The highest BCUT2D eigenvalue weighted by Gasteiger charge is 2.28. The number of carbonyl (C=O) groups excluding carboxylic acids is 2. The third-order valence-electron chi connectivity index (χ3n) is 4.35. The Morgan fingerprint density at radius 3 is 2.13 bits per heavy atom. The molecule has 30 heavy (non-hydrogen) atoms. The molecule has 0 radical (unpaired) electrons. The summed E-state index contributed by atoms with van der Waals surface area (Å²) in [6.07, 6.45) is 0. The number of nitrogens with one attached hydrogen (secondary N) is 1. The lowest BCUT2D eigenvalue weighted by atomic mass is 10.1. The first kappa shape index (κ1) is 23.2. The minimum atomic E-state index is -0.712. The molecule has 1 N–H and O–H groups in total. The van der Waals surface area contributed by atoms with Crippen molar-refractivity contribution < 1.29 is 23.5 Å². The highest BCUT2D eigenvalue weighted by atomic mass is 19.1. The van der Waals surface area contributed by atoms with Crippen molar-refractivity contribution in [1.82, 2.24) is 10.2 Å². The Balaban J connectivity index is 2.16. The predicted octanol–water partition coefficient (Wildman–Crippen LogP) is 3.55. The van der Waals surface area contributed by atoms with Gasteiger partial charge in [0.15, 0.2) is 6.61 Å². The predicted molar refractivity (Wildman–Crippen MR) is 113 cm³/mol. The molecule has 1 atom stereocenters. The van der Waals surface area contributed by atoms with Gasteiger partial charge in [0.25, 0.3) is 5.91 Å². The molecular weight excluding hydrogens is 387 g/mol. The van der Waals surface area contributed by atoms with Crippen molar-refractivity contribution in [2.24, 2.45) is 0 Å². The number of methoxy groups -OCH3 is 1. The van der Waals surface area contributed by atoms with Crippen LogP contribution in [-0.4, -0.2) is 42.0 Å². The van der Waals surface area contributed by atoms with Crippen molar-refractivity contribution in [2.45, 2.75) is 45.8 Å². The van der Waals surface area contributed by atoms with E-state index in [0.29, 0.717) is 11.5 Å². The number of rotatable bonds is 8. The minimum absolute atomic E-state index is 0.230. The maximum absolute atomic E-state index is 13.1. The first-order chi connectivity index (χ1) is 14.1. The van der Waals surface area contributed by atoms with E-state index >= 15 is 0 Å². The highest BCUT2D eigenvalue weighted by Crippen LogP contribution is 2.16. The molecule has 2 rings (SSSR count). The average Bonchev–Trinajstić information content (AvgIpc) is 2.70. The number of amides is 2. The molecule has 2 aromatic carbocycles. The van der Waals surface area contributed by atoms with Gasteiger partial charge in [0.2, 0.25) is 5.91 Å². The molecule has 0 fully saturated rings.